The van der Waals surface area contributed by atoms with E-state index in [1.54, 1.807) is 0 Å². The van der Waals surface area contributed by atoms with Crippen molar-refractivity contribution in [1.82, 2.24) is 34.4 Å². The van der Waals surface area contributed by atoms with E-state index in [1.165, 1.54) is 74.7 Å². The van der Waals surface area contributed by atoms with Crippen LogP contribution in [0.15, 0.2) is 66.9 Å². The summed E-state index contributed by atoms with van der Waals surface area (Å²) in [5, 5.41) is 0. The monoisotopic (exact) mass is 992 g/mol. The molecule has 0 N–H and O–H groups in total. The first-order valence-electron chi connectivity index (χ1n) is 27.5. The molecule has 4 aliphatic rings. The highest BCUT2D eigenvalue weighted by atomic mass is 16.2. The van der Waals surface area contributed by atoms with E-state index in [-0.39, 0.29) is 35.0 Å². The second kappa shape index (κ2) is 29.2. The van der Waals surface area contributed by atoms with Crippen molar-refractivity contribution in [3.05, 3.63) is 89.1 Å². The van der Waals surface area contributed by atoms with E-state index in [1.807, 2.05) is 23.2 Å². The zero-order valence-electron chi connectivity index (χ0n) is 48.1. The van der Waals surface area contributed by atoms with E-state index in [4.69, 9.17) is 0 Å². The van der Waals surface area contributed by atoms with Gasteiger partial charge in [-0.25, -0.2) is 4.98 Å². The van der Waals surface area contributed by atoms with Crippen LogP contribution in [-0.2, 0) is 16.2 Å². The minimum atomic E-state index is 0. The molecule has 0 atom stereocenters. The first kappa shape index (κ1) is 62.3. The molecule has 72 heavy (non-hydrogen) atoms. The number of anilines is 2. The number of rotatable bonds is 8. The summed E-state index contributed by atoms with van der Waals surface area (Å²) in [4.78, 5) is 36.3. The van der Waals surface area contributed by atoms with Crippen LogP contribution < -0.4 is 9.80 Å². The fraction of sp³-hybridized carbons (Fsp3) is 0.677. The Labute approximate surface area is 442 Å². The van der Waals surface area contributed by atoms with Crippen molar-refractivity contribution < 1.29 is 4.79 Å². The average Bonchev–Trinajstić information content (AvgIpc) is 3.36. The highest BCUT2D eigenvalue weighted by molar-refractivity contribution is 5.94. The fourth-order valence-corrected chi connectivity index (χ4v) is 9.05. The Kier molecular flexibility index (Phi) is 25.3. The van der Waals surface area contributed by atoms with Gasteiger partial charge in [-0.15, -0.1) is 0 Å². The molecule has 404 valence electrons. The third-order valence-corrected chi connectivity index (χ3v) is 14.5. The van der Waals surface area contributed by atoms with Gasteiger partial charge in [0.15, 0.2) is 0 Å². The lowest BCUT2D eigenvalue weighted by atomic mass is 9.86. The zero-order valence-corrected chi connectivity index (χ0v) is 48.1. The molecule has 10 heteroatoms. The first-order chi connectivity index (χ1) is 33.4. The van der Waals surface area contributed by atoms with Gasteiger partial charge >= 0.3 is 0 Å². The molecule has 0 spiro atoms. The van der Waals surface area contributed by atoms with Gasteiger partial charge in [0, 0.05) is 128 Å². The highest BCUT2D eigenvalue weighted by Crippen LogP contribution is 2.27. The first-order valence-corrected chi connectivity index (χ1v) is 27.5. The molecular weight excluding hydrogens is 887 g/mol. The Morgan fingerprint density at radius 1 is 0.458 bits per heavy atom. The number of hydrogen-bond acceptors (Lipinski definition) is 9. The predicted molar refractivity (Wildman–Crippen MR) is 312 cm³/mol. The summed E-state index contributed by atoms with van der Waals surface area (Å²) in [5.74, 6) is 7.87. The number of hydrogen-bond donors (Lipinski definition) is 0. The summed E-state index contributed by atoms with van der Waals surface area (Å²) in [6, 6.07) is 21.6. The lowest BCUT2D eigenvalue weighted by molar-refractivity contribution is 0.0643. The summed E-state index contributed by atoms with van der Waals surface area (Å²) < 4.78 is 0. The molecule has 1 amide bonds. The number of pyridine rings is 1. The van der Waals surface area contributed by atoms with Gasteiger partial charge in [0.25, 0.3) is 5.91 Å². The van der Waals surface area contributed by atoms with Crippen molar-refractivity contribution in [3.8, 4) is 11.8 Å². The quantitative estimate of drug-likeness (QED) is 0.205. The molecule has 7 rings (SSSR count). The van der Waals surface area contributed by atoms with E-state index in [9.17, 15) is 4.79 Å². The molecule has 1 aromatic heterocycles. The summed E-state index contributed by atoms with van der Waals surface area (Å²) in [6.45, 7) is 58.5. The normalized spacial score (nSPS) is 18.0. The molecule has 0 saturated carbocycles. The van der Waals surface area contributed by atoms with Crippen molar-refractivity contribution in [2.45, 2.75) is 134 Å². The van der Waals surface area contributed by atoms with Crippen LogP contribution in [0.5, 0.6) is 0 Å². The number of carbonyl (C=O) groups is 1. The van der Waals surface area contributed by atoms with Gasteiger partial charge in [-0.05, 0) is 110 Å². The van der Waals surface area contributed by atoms with Gasteiger partial charge in [0.05, 0.1) is 6.54 Å². The molecule has 2 aromatic carbocycles. The van der Waals surface area contributed by atoms with E-state index in [0.29, 0.717) is 0 Å². The zero-order chi connectivity index (χ0) is 52.4. The van der Waals surface area contributed by atoms with Gasteiger partial charge in [-0.3, -0.25) is 9.69 Å². The number of aromatic nitrogens is 1. The highest BCUT2D eigenvalue weighted by Gasteiger charge is 2.23. The molecule has 4 saturated heterocycles. The number of amides is 1. The average molecular weight is 993 g/mol. The maximum atomic E-state index is 12.5. The van der Waals surface area contributed by atoms with Crippen LogP contribution in [0.25, 0.3) is 0 Å². The number of piperazine rings is 4. The third-order valence-electron chi connectivity index (χ3n) is 14.5. The van der Waals surface area contributed by atoms with Crippen LogP contribution in [-0.4, -0.2) is 178 Å². The number of benzene rings is 2. The maximum Gasteiger partial charge on any atom is 0.253 e. The van der Waals surface area contributed by atoms with Gasteiger partial charge in [-0.2, -0.15) is 0 Å². The summed E-state index contributed by atoms with van der Waals surface area (Å²) in [5.41, 5.74) is 6.88. The molecule has 5 heterocycles. The Hall–Kier alpha value is -3.98. The van der Waals surface area contributed by atoms with Crippen LogP contribution in [0.4, 0.5) is 11.5 Å². The molecular formula is C62H105N9O. The van der Waals surface area contributed by atoms with E-state index in [0.717, 1.165) is 96.5 Å². The molecule has 10 nitrogen and oxygen atoms in total. The lowest BCUT2D eigenvalue weighted by Crippen LogP contribution is -2.48. The Balaban J connectivity index is 0.000000254. The molecule has 0 bridgehead atoms. The van der Waals surface area contributed by atoms with Gasteiger partial charge in [0.1, 0.15) is 5.82 Å². The second-order valence-corrected chi connectivity index (χ2v) is 24.1. The smallest absolute Gasteiger partial charge is 0.253 e. The molecule has 4 fully saturated rings. The fourth-order valence-electron chi connectivity index (χ4n) is 9.05. The van der Waals surface area contributed by atoms with Crippen molar-refractivity contribution in [2.75, 3.05) is 147 Å². The molecule has 0 radical (unpaired) electrons. The second-order valence-electron chi connectivity index (χ2n) is 24.1. The van der Waals surface area contributed by atoms with Gasteiger partial charge in [0.2, 0.25) is 0 Å². The Bertz CT molecular complexity index is 1940. The van der Waals surface area contributed by atoms with E-state index < -0.39 is 0 Å². The van der Waals surface area contributed by atoms with E-state index in [2.05, 4.69) is 210 Å². The number of carbonyl (C=O) groups excluding carboxylic acids is 1. The number of likely N-dealkylation sites (N-methyl/N-ethyl adjacent to an activating group) is 4. The van der Waals surface area contributed by atoms with Gasteiger partial charge in [-0.1, -0.05) is 140 Å². The minimum Gasteiger partial charge on any atom is -0.369 e. The summed E-state index contributed by atoms with van der Waals surface area (Å²) in [6.07, 6.45) is 2.03. The Morgan fingerprint density at radius 2 is 0.819 bits per heavy atom. The molecule has 0 unspecified atom stereocenters. The third kappa shape index (κ3) is 21.1. The van der Waals surface area contributed by atoms with Crippen LogP contribution in [0.2, 0.25) is 0 Å². The maximum absolute atomic E-state index is 12.5. The van der Waals surface area contributed by atoms with Crippen LogP contribution in [0.3, 0.4) is 0 Å². The molecule has 4 aliphatic heterocycles. The van der Waals surface area contributed by atoms with Crippen LogP contribution >= 0.6 is 0 Å². The van der Waals surface area contributed by atoms with Crippen LogP contribution in [0.1, 0.15) is 145 Å². The summed E-state index contributed by atoms with van der Waals surface area (Å²) >= 11 is 0. The van der Waals surface area contributed by atoms with Gasteiger partial charge < -0.3 is 34.3 Å². The van der Waals surface area contributed by atoms with Crippen LogP contribution in [0, 0.1) is 17.3 Å². The largest absolute Gasteiger partial charge is 0.369 e. The van der Waals surface area contributed by atoms with E-state index >= 15 is 0 Å². The molecule has 3 aromatic rings. The van der Waals surface area contributed by atoms with Crippen molar-refractivity contribution in [1.29, 1.82) is 0 Å². The predicted octanol–water partition coefficient (Wildman–Crippen LogP) is 10.7. The Morgan fingerprint density at radius 3 is 1.19 bits per heavy atom. The van der Waals surface area contributed by atoms with Crippen molar-refractivity contribution >= 4 is 17.4 Å². The van der Waals surface area contributed by atoms with Crippen molar-refractivity contribution in [3.63, 3.8) is 0 Å². The minimum absolute atomic E-state index is 0. The SMILES string of the molecule is C.CCN1CCN(C(=O)c2ccc(C(C)(C)C)cc2)CC1.CCN1CCN(CC#CC(C)(C)C)CC1.CCN1CCN(c2ccc(C(C)(C)C)cc2)CC1.CCN1CCN(c2ccc(C(C)(C)C)cn2)CC1. The number of nitrogens with zero attached hydrogens (tertiary/aromatic N) is 9. The standard InChI is InChI=1S/C17H26N2O.C16H26N2.C15H25N3.C13H24N2.CH4/c1-5-18-10-12-19(13-11-18)16(20)14-6-8-15(9-7-14)17(2,3)4;1-5-17-10-12-18(13-11-17)15-8-6-14(7-9-15)16(2,3)4;1-5-17-8-10-18(11-9-17)14-7-6-13(12-16-14)15(2,3)4;1-5-14-9-11-15(12-10-14)8-6-7-13(2,3)4;/h6-9H,5,10-13H2,1-4H3;6-9H,5,10-13H2,1-4H3;6-7,12H,5,8-11H2,1-4H3;5,8-12H2,1-4H3;1H4. The summed E-state index contributed by atoms with van der Waals surface area (Å²) in [7, 11) is 0. The lowest BCUT2D eigenvalue weighted by Gasteiger charge is -2.35. The molecule has 0 aliphatic carbocycles. The van der Waals surface area contributed by atoms with Crippen molar-refractivity contribution in [2.24, 2.45) is 5.41 Å². The topological polar surface area (TPSA) is 55.9 Å².